The Kier molecular flexibility index (Phi) is 33.4. The van der Waals surface area contributed by atoms with Crippen molar-refractivity contribution in [2.75, 3.05) is 45.9 Å². The van der Waals surface area contributed by atoms with Crippen molar-refractivity contribution in [2.45, 2.75) is 188 Å². The second kappa shape index (κ2) is 34.5. The van der Waals surface area contributed by atoms with E-state index in [9.17, 15) is 14.7 Å². The van der Waals surface area contributed by atoms with Gasteiger partial charge in [0.2, 0.25) is 5.91 Å². The highest BCUT2D eigenvalue weighted by atomic mass is 16.3. The van der Waals surface area contributed by atoms with Gasteiger partial charge in [-0.25, -0.2) is 4.79 Å². The lowest BCUT2D eigenvalue weighted by Crippen LogP contribution is -2.39. The van der Waals surface area contributed by atoms with Crippen LogP contribution in [0.15, 0.2) is 5.70 Å². The number of rotatable bonds is 37. The molecule has 0 saturated heterocycles. The van der Waals surface area contributed by atoms with Gasteiger partial charge in [-0.1, -0.05) is 162 Å². The van der Waals surface area contributed by atoms with Crippen LogP contribution >= 0.6 is 0 Å². The molecule has 0 fully saturated rings. The van der Waals surface area contributed by atoms with E-state index >= 15 is 0 Å². The normalized spacial score (nSPS) is 12.5. The molecule has 0 radical (unpaired) electrons. The third kappa shape index (κ3) is 27.1. The van der Waals surface area contributed by atoms with Crippen LogP contribution in [-0.2, 0) is 9.59 Å². The number of nitrogens with zero attached hydrogens (tertiary/aromatic N) is 1. The lowest BCUT2D eigenvalue weighted by atomic mass is 9.82. The summed E-state index contributed by atoms with van der Waals surface area (Å²) in [6, 6.07) is 0. The van der Waals surface area contributed by atoms with Gasteiger partial charge in [-0.05, 0) is 19.3 Å². The molecule has 5 N–H and O–H groups in total. The number of nitrogens with two attached hydrogens (primary N) is 1. The molecule has 0 heterocycles. The topological polar surface area (TPSA) is 108 Å². The first-order chi connectivity index (χ1) is 23.0. The first-order valence-electron chi connectivity index (χ1n) is 20.3. The van der Waals surface area contributed by atoms with Crippen LogP contribution in [0.25, 0.3) is 0 Å². The fourth-order valence-electron chi connectivity index (χ4n) is 6.46. The standard InChI is InChI=1S/C40H80N4O3/c1-4-6-8-10-12-14-16-18-20-22-24-26-34-44(35-27-25-23-21-19-17-15-13-11-9-7-5-2)38(36-45)40(3,37-46)29-28-39(47)43-33-32-42-31-30-41/h42,46H,4-35,37,41H2,1-3H3,(H,43,47). The molecule has 0 saturated carbocycles. The number of hydrogen-bond acceptors (Lipinski definition) is 6. The summed E-state index contributed by atoms with van der Waals surface area (Å²) in [4.78, 5) is 27.2. The fourth-order valence-corrected chi connectivity index (χ4v) is 6.46. The quantitative estimate of drug-likeness (QED) is 0.0390. The molecule has 0 spiro atoms. The summed E-state index contributed by atoms with van der Waals surface area (Å²) in [5.74, 6) is 2.19. The summed E-state index contributed by atoms with van der Waals surface area (Å²) >= 11 is 0. The van der Waals surface area contributed by atoms with Crippen molar-refractivity contribution in [1.29, 1.82) is 0 Å². The van der Waals surface area contributed by atoms with Crippen LogP contribution in [0, 0.1) is 5.41 Å². The summed E-state index contributed by atoms with van der Waals surface area (Å²) in [6.07, 6.45) is 31.9. The zero-order valence-corrected chi connectivity index (χ0v) is 31.6. The molecule has 7 heteroatoms. The predicted octanol–water partition coefficient (Wildman–Crippen LogP) is 8.85. The fraction of sp³-hybridized carbons (Fsp3) is 0.925. The van der Waals surface area contributed by atoms with Gasteiger partial charge in [0, 0.05) is 51.1 Å². The zero-order chi connectivity index (χ0) is 34.7. The SMILES string of the molecule is CCCCCCCCCCCCCCN(CCCCCCCCCCCCCC)C(=C=O)C(C)(CO)CCC(=O)NCCNCCN. The van der Waals surface area contributed by atoms with Crippen molar-refractivity contribution in [2.24, 2.45) is 11.1 Å². The van der Waals surface area contributed by atoms with Crippen LogP contribution < -0.4 is 16.4 Å². The van der Waals surface area contributed by atoms with Crippen molar-refractivity contribution in [3.63, 3.8) is 0 Å². The molecule has 0 aromatic carbocycles. The number of nitrogens with one attached hydrogen (secondary N) is 2. The minimum Gasteiger partial charge on any atom is -0.395 e. The summed E-state index contributed by atoms with van der Waals surface area (Å²) < 4.78 is 0. The van der Waals surface area contributed by atoms with Gasteiger partial charge in [0.1, 0.15) is 11.6 Å². The minimum absolute atomic E-state index is 0.0575. The Balaban J connectivity index is 4.78. The number of unbranched alkanes of at least 4 members (excludes halogenated alkanes) is 22. The van der Waals surface area contributed by atoms with E-state index in [-0.39, 0.29) is 18.9 Å². The third-order valence-electron chi connectivity index (χ3n) is 9.75. The predicted molar refractivity (Wildman–Crippen MR) is 202 cm³/mol. The van der Waals surface area contributed by atoms with Gasteiger partial charge >= 0.3 is 0 Å². The number of amides is 1. The monoisotopic (exact) mass is 665 g/mol. The minimum atomic E-state index is -0.787. The highest BCUT2D eigenvalue weighted by molar-refractivity contribution is 5.76. The molecule has 0 aliphatic carbocycles. The van der Waals surface area contributed by atoms with Crippen LogP contribution in [0.2, 0.25) is 0 Å². The highest BCUT2D eigenvalue weighted by Crippen LogP contribution is 2.33. The van der Waals surface area contributed by atoms with Gasteiger partial charge in [0.25, 0.3) is 0 Å². The lowest BCUT2D eigenvalue weighted by molar-refractivity contribution is -0.121. The van der Waals surface area contributed by atoms with Gasteiger partial charge in [-0.15, -0.1) is 0 Å². The number of aliphatic hydroxyl groups excluding tert-OH is 1. The van der Waals surface area contributed by atoms with Crippen molar-refractivity contribution in [3.05, 3.63) is 5.70 Å². The van der Waals surface area contributed by atoms with E-state index in [0.717, 1.165) is 45.3 Å². The van der Waals surface area contributed by atoms with Crippen molar-refractivity contribution >= 4 is 11.8 Å². The second-order valence-corrected chi connectivity index (χ2v) is 14.3. The van der Waals surface area contributed by atoms with Crippen LogP contribution in [0.5, 0.6) is 0 Å². The molecule has 1 unspecified atom stereocenters. The molecule has 278 valence electrons. The molecule has 0 aliphatic rings. The highest BCUT2D eigenvalue weighted by Gasteiger charge is 2.34. The van der Waals surface area contributed by atoms with E-state index in [2.05, 4.69) is 35.3 Å². The Morgan fingerprint density at radius 2 is 1.06 bits per heavy atom. The first-order valence-corrected chi connectivity index (χ1v) is 20.3. The number of hydrogen-bond donors (Lipinski definition) is 4. The smallest absolute Gasteiger partial charge is 0.220 e. The molecule has 7 nitrogen and oxygen atoms in total. The van der Waals surface area contributed by atoms with Gasteiger partial charge in [-0.2, -0.15) is 0 Å². The van der Waals surface area contributed by atoms with Gasteiger partial charge in [0.05, 0.1) is 6.61 Å². The molecule has 0 aromatic rings. The van der Waals surface area contributed by atoms with Crippen LogP contribution in [-0.4, -0.2) is 67.7 Å². The number of aliphatic hydroxyl groups is 1. The molecule has 0 bridgehead atoms. The third-order valence-corrected chi connectivity index (χ3v) is 9.75. The molecule has 0 aromatic heterocycles. The van der Waals surface area contributed by atoms with Crippen LogP contribution in [0.1, 0.15) is 188 Å². The van der Waals surface area contributed by atoms with E-state index in [1.54, 1.807) is 0 Å². The average Bonchev–Trinajstić information content (AvgIpc) is 3.08. The molecular weight excluding hydrogens is 584 g/mol. The zero-order valence-electron chi connectivity index (χ0n) is 31.6. The van der Waals surface area contributed by atoms with Crippen molar-refractivity contribution < 1.29 is 14.7 Å². The van der Waals surface area contributed by atoms with Gasteiger partial charge in [0.15, 0.2) is 0 Å². The molecule has 0 aliphatic heterocycles. The molecular formula is C40H80N4O3. The largest absolute Gasteiger partial charge is 0.395 e. The van der Waals surface area contributed by atoms with Crippen LogP contribution in [0.3, 0.4) is 0 Å². The van der Waals surface area contributed by atoms with E-state index in [4.69, 9.17) is 5.73 Å². The van der Waals surface area contributed by atoms with Crippen LogP contribution in [0.4, 0.5) is 0 Å². The van der Waals surface area contributed by atoms with Crippen molar-refractivity contribution in [3.8, 4) is 0 Å². The first kappa shape index (κ1) is 45.6. The second-order valence-electron chi connectivity index (χ2n) is 14.3. The molecule has 0 rings (SSSR count). The number of carbonyl (C=O) groups excluding carboxylic acids is 2. The van der Waals surface area contributed by atoms with E-state index in [1.807, 2.05) is 6.92 Å². The van der Waals surface area contributed by atoms with Gasteiger partial charge in [-0.3, -0.25) is 4.79 Å². The van der Waals surface area contributed by atoms with E-state index in [1.165, 1.54) is 128 Å². The Labute approximate surface area is 292 Å². The summed E-state index contributed by atoms with van der Waals surface area (Å²) in [5.41, 5.74) is 5.26. The Bertz CT molecular complexity index is 715. The summed E-state index contributed by atoms with van der Waals surface area (Å²) in [6.45, 7) is 10.4. The maximum atomic E-state index is 12.5. The summed E-state index contributed by atoms with van der Waals surface area (Å²) in [5, 5.41) is 16.6. The summed E-state index contributed by atoms with van der Waals surface area (Å²) in [7, 11) is 0. The van der Waals surface area contributed by atoms with E-state index in [0.29, 0.717) is 31.8 Å². The lowest BCUT2D eigenvalue weighted by Gasteiger charge is -2.36. The number of carbonyl (C=O) groups is 1. The Hall–Kier alpha value is -1.40. The maximum absolute atomic E-state index is 12.5. The average molecular weight is 665 g/mol. The molecule has 1 amide bonds. The Morgan fingerprint density at radius 3 is 1.43 bits per heavy atom. The molecule has 1 atom stereocenters. The maximum Gasteiger partial charge on any atom is 0.220 e. The van der Waals surface area contributed by atoms with Gasteiger partial charge < -0.3 is 26.4 Å². The van der Waals surface area contributed by atoms with E-state index < -0.39 is 5.41 Å². The molecule has 47 heavy (non-hydrogen) atoms. The Morgan fingerprint density at radius 1 is 0.660 bits per heavy atom. The van der Waals surface area contributed by atoms with Crippen molar-refractivity contribution in [1.82, 2.24) is 15.5 Å².